The molecule has 1 saturated carbocycles. The smallest absolute Gasteiger partial charge is 0.234 e. The molecule has 182 valence electrons. The van der Waals surface area contributed by atoms with Gasteiger partial charge in [0.05, 0.1) is 5.92 Å². The number of benzene rings is 1. The number of rotatable bonds is 8. The number of halogens is 3. The number of nitrogens with zero attached hydrogens (tertiary/aromatic N) is 1. The molecule has 1 aliphatic heterocycles. The third-order valence-electron chi connectivity index (χ3n) is 6.56. The molecule has 3 atom stereocenters. The molecule has 1 heterocycles. The van der Waals surface area contributed by atoms with Gasteiger partial charge in [0, 0.05) is 35.7 Å². The van der Waals surface area contributed by atoms with Crippen molar-refractivity contribution < 1.29 is 13.2 Å². The molecule has 0 radical (unpaired) electrons. The van der Waals surface area contributed by atoms with E-state index in [1.165, 1.54) is 11.8 Å². The summed E-state index contributed by atoms with van der Waals surface area (Å²) in [5, 5.41) is -1.52. The summed E-state index contributed by atoms with van der Waals surface area (Å²) >= 11 is 1.48. The fraction of sp³-hybridized carbons (Fsp3) is 0.464. The fourth-order valence-electron chi connectivity index (χ4n) is 4.19. The highest BCUT2D eigenvalue weighted by Crippen LogP contribution is 2.41. The molecule has 0 amide bonds. The molecule has 34 heavy (non-hydrogen) atoms. The van der Waals surface area contributed by atoms with Gasteiger partial charge in [-0.1, -0.05) is 45.5 Å². The average Bonchev–Trinajstić information content (AvgIpc) is 3.05. The van der Waals surface area contributed by atoms with E-state index >= 15 is 0 Å². The molecule has 0 aromatic heterocycles. The Morgan fingerprint density at radius 1 is 1.29 bits per heavy atom. The topological polar surface area (TPSA) is 12.4 Å². The molecule has 0 spiro atoms. The summed E-state index contributed by atoms with van der Waals surface area (Å²) in [4.78, 5) is 5.05. The van der Waals surface area contributed by atoms with Gasteiger partial charge in [0.25, 0.3) is 0 Å². The Hall–Kier alpha value is -1.76. The van der Waals surface area contributed by atoms with Crippen molar-refractivity contribution >= 4 is 33.3 Å². The maximum absolute atomic E-state index is 14.8. The predicted molar refractivity (Wildman–Crippen MR) is 143 cm³/mol. The highest BCUT2D eigenvalue weighted by Gasteiger charge is 2.35. The van der Waals surface area contributed by atoms with Crippen molar-refractivity contribution in [2.24, 2.45) is 16.8 Å². The van der Waals surface area contributed by atoms with E-state index in [1.54, 1.807) is 13.1 Å². The van der Waals surface area contributed by atoms with Crippen LogP contribution in [0.1, 0.15) is 55.7 Å². The first-order chi connectivity index (χ1) is 16.0. The lowest BCUT2D eigenvalue weighted by molar-refractivity contribution is -0.0457. The van der Waals surface area contributed by atoms with Crippen LogP contribution in [0.15, 0.2) is 51.9 Å². The van der Waals surface area contributed by atoms with Crippen molar-refractivity contribution in [2.45, 2.75) is 69.1 Å². The average molecular weight is 504 g/mol. The van der Waals surface area contributed by atoms with Crippen molar-refractivity contribution in [3.05, 3.63) is 58.7 Å². The highest BCUT2D eigenvalue weighted by atomic mass is 32.2. The third kappa shape index (κ3) is 7.37. The summed E-state index contributed by atoms with van der Waals surface area (Å²) in [6, 6.07) is 7.06. The van der Waals surface area contributed by atoms with Crippen LogP contribution in [0.4, 0.5) is 13.2 Å². The lowest BCUT2D eigenvalue weighted by atomic mass is 9.79. The van der Waals surface area contributed by atoms with E-state index in [-0.39, 0.29) is 30.4 Å². The largest absolute Gasteiger partial charge is 0.248 e. The highest BCUT2D eigenvalue weighted by molar-refractivity contribution is 7.99. The van der Waals surface area contributed by atoms with E-state index in [4.69, 9.17) is 0 Å². The van der Waals surface area contributed by atoms with Crippen molar-refractivity contribution in [1.82, 2.24) is 0 Å². The molecular weight excluding hydrogens is 470 g/mol. The van der Waals surface area contributed by atoms with E-state index in [9.17, 15) is 13.2 Å². The van der Waals surface area contributed by atoms with Gasteiger partial charge in [-0.3, -0.25) is 0 Å². The molecule has 0 saturated heterocycles. The summed E-state index contributed by atoms with van der Waals surface area (Å²) in [5.74, 6) is 1.01. The van der Waals surface area contributed by atoms with Gasteiger partial charge in [0.2, 0.25) is 5.92 Å². The molecule has 1 aromatic rings. The summed E-state index contributed by atoms with van der Waals surface area (Å²) < 4.78 is 42.2. The van der Waals surface area contributed by atoms with Gasteiger partial charge in [0.1, 0.15) is 0 Å². The number of hydrogen-bond donors (Lipinski definition) is 0. The van der Waals surface area contributed by atoms with Gasteiger partial charge in [-0.25, -0.2) is 18.2 Å². The molecule has 6 heteroatoms. The monoisotopic (exact) mass is 503 g/mol. The first kappa shape index (κ1) is 26.8. The molecule has 0 N–H and O–H groups in total. The summed E-state index contributed by atoms with van der Waals surface area (Å²) in [5.41, 5.74) is 4.86. The summed E-state index contributed by atoms with van der Waals surface area (Å²) in [6.45, 7) is 9.55. The molecule has 0 bridgehead atoms. The molecule has 1 aliphatic carbocycles. The van der Waals surface area contributed by atoms with Gasteiger partial charge < -0.3 is 0 Å². The quantitative estimate of drug-likeness (QED) is 0.150. The van der Waals surface area contributed by atoms with E-state index in [2.05, 4.69) is 57.9 Å². The molecule has 2 aliphatic rings. The normalized spacial score (nSPS) is 22.0. The first-order valence-corrected chi connectivity index (χ1v) is 13.2. The Bertz CT molecular complexity index is 1070. The Morgan fingerprint density at radius 3 is 2.68 bits per heavy atom. The minimum Gasteiger partial charge on any atom is -0.234 e. The summed E-state index contributed by atoms with van der Waals surface area (Å²) in [6.07, 6.45) is 9.39. The second-order valence-corrected chi connectivity index (χ2v) is 11.5. The number of aliphatic imine (C=N–C) groups is 1. The van der Waals surface area contributed by atoms with Crippen LogP contribution < -0.4 is 0 Å². The zero-order valence-corrected chi connectivity index (χ0v) is 22.1. The van der Waals surface area contributed by atoms with Gasteiger partial charge in [-0.05, 0) is 80.4 Å². The van der Waals surface area contributed by atoms with Crippen LogP contribution in [0.25, 0.3) is 6.08 Å². The maximum Gasteiger partial charge on any atom is 0.248 e. The molecular formula is C28H33F3NPS. The van der Waals surface area contributed by atoms with Crippen molar-refractivity contribution in [2.75, 3.05) is 5.75 Å². The molecule has 1 nitrogen and oxygen atoms in total. The Morgan fingerprint density at radius 2 is 2.00 bits per heavy atom. The van der Waals surface area contributed by atoms with E-state index in [0.29, 0.717) is 18.4 Å². The van der Waals surface area contributed by atoms with Gasteiger partial charge in [-0.15, -0.1) is 11.8 Å². The minimum absolute atomic E-state index is 0.0483. The van der Waals surface area contributed by atoms with Crippen LogP contribution in [0.2, 0.25) is 0 Å². The molecule has 3 rings (SSSR count). The Kier molecular flexibility index (Phi) is 8.93. The maximum atomic E-state index is 14.8. The van der Waals surface area contributed by atoms with Crippen molar-refractivity contribution in [3.8, 4) is 12.0 Å². The second-order valence-electron chi connectivity index (χ2n) is 9.53. The van der Waals surface area contributed by atoms with E-state index < -0.39 is 11.3 Å². The van der Waals surface area contributed by atoms with Crippen LogP contribution in [-0.2, 0) is 0 Å². The van der Waals surface area contributed by atoms with Gasteiger partial charge in [-0.2, -0.15) is 0 Å². The summed E-state index contributed by atoms with van der Waals surface area (Å²) in [7, 11) is 2.26. The Balaban J connectivity index is 1.91. The fourth-order valence-corrected chi connectivity index (χ4v) is 5.55. The standard InChI is InChI=1S/C28H33F3NPS/c1-19(2)28(31,33)18-34-26-17-24(20(3)14-21(26)4)16-25(23-6-5-12-32-13-9-23)15-22-7-10-27(29,30)11-8-22/h5-6,12,14,16-17,22-23H,1,7-8,10-11,15,18,33H2,2-4H3/b25-16+. The molecule has 1 fully saturated rings. The number of aryl methyl sites for hydroxylation is 2. The molecule has 1 aromatic carbocycles. The molecule has 3 unspecified atom stereocenters. The van der Waals surface area contributed by atoms with Crippen LogP contribution in [0.3, 0.4) is 0 Å². The van der Waals surface area contributed by atoms with Crippen molar-refractivity contribution in [1.29, 1.82) is 0 Å². The minimum atomic E-state index is -2.54. The number of thioether (sulfide) groups is 1. The number of allylic oxidation sites excluding steroid dienone is 4. The second kappa shape index (κ2) is 11.3. The van der Waals surface area contributed by atoms with Crippen LogP contribution in [0, 0.1) is 37.6 Å². The SMILES string of the molecule is C=C(C)C(F)(P)CSc1cc(/C=C(\CC2CCC(F)(F)CC2)C2C#CN=CC=C2)c(C)cc1C. The van der Waals surface area contributed by atoms with Crippen molar-refractivity contribution in [3.63, 3.8) is 0 Å². The zero-order chi connectivity index (χ0) is 24.9. The van der Waals surface area contributed by atoms with E-state index in [0.717, 1.165) is 33.6 Å². The van der Waals surface area contributed by atoms with Gasteiger partial charge in [0.15, 0.2) is 5.41 Å². The van der Waals surface area contributed by atoms with Gasteiger partial charge >= 0.3 is 0 Å². The first-order valence-electron chi connectivity index (χ1n) is 11.6. The van der Waals surface area contributed by atoms with Crippen LogP contribution in [0.5, 0.6) is 0 Å². The number of alkyl halides is 3. The zero-order valence-electron chi connectivity index (χ0n) is 20.1. The predicted octanol–water partition coefficient (Wildman–Crippen LogP) is 8.33. The Labute approximate surface area is 208 Å². The van der Waals surface area contributed by atoms with Crippen LogP contribution in [-0.4, -0.2) is 23.3 Å². The third-order valence-corrected chi connectivity index (χ3v) is 8.87. The lowest BCUT2D eigenvalue weighted by Gasteiger charge is -2.29. The number of hydrogen-bond acceptors (Lipinski definition) is 2. The van der Waals surface area contributed by atoms with Crippen LogP contribution >= 0.6 is 21.0 Å². The van der Waals surface area contributed by atoms with E-state index in [1.807, 2.05) is 19.1 Å². The lowest BCUT2D eigenvalue weighted by Crippen LogP contribution is -2.25.